The number of unbranched alkanes of at least 4 members (excludes halogenated alkanes) is 1. The molecule has 0 spiro atoms. The highest BCUT2D eigenvalue weighted by atomic mass is 14.9. The molecule has 0 aromatic rings. The molecule has 0 saturated heterocycles. The second-order valence-corrected chi connectivity index (χ2v) is 6.29. The molecule has 2 nitrogen and oxygen atoms in total. The lowest BCUT2D eigenvalue weighted by Crippen LogP contribution is -2.30. The maximum absolute atomic E-state index is 3.55. The minimum atomic E-state index is 0.423. The van der Waals surface area contributed by atoms with Crippen LogP contribution in [0.15, 0.2) is 0 Å². The van der Waals surface area contributed by atoms with Gasteiger partial charge in [-0.05, 0) is 43.8 Å². The predicted octanol–water partition coefficient (Wildman–Crippen LogP) is 3.04. The monoisotopic (exact) mass is 228 g/mol. The molecule has 2 heteroatoms. The second kappa shape index (κ2) is 8.08. The summed E-state index contributed by atoms with van der Waals surface area (Å²) in [5.41, 5.74) is 0.423. The lowest BCUT2D eigenvalue weighted by Gasteiger charge is -2.27. The van der Waals surface area contributed by atoms with Gasteiger partial charge in [0.1, 0.15) is 0 Å². The van der Waals surface area contributed by atoms with Crippen LogP contribution in [-0.4, -0.2) is 25.7 Å². The van der Waals surface area contributed by atoms with E-state index in [2.05, 4.69) is 52.2 Å². The molecule has 0 aromatic heterocycles. The van der Waals surface area contributed by atoms with E-state index >= 15 is 0 Å². The van der Waals surface area contributed by atoms with Crippen molar-refractivity contribution in [2.45, 2.75) is 60.4 Å². The molecule has 0 saturated carbocycles. The topological polar surface area (TPSA) is 24.1 Å². The van der Waals surface area contributed by atoms with Crippen molar-refractivity contribution in [2.24, 2.45) is 11.3 Å². The number of hydrogen-bond acceptors (Lipinski definition) is 2. The van der Waals surface area contributed by atoms with Gasteiger partial charge in [-0.3, -0.25) is 0 Å². The van der Waals surface area contributed by atoms with Crippen LogP contribution in [0.4, 0.5) is 0 Å². The van der Waals surface area contributed by atoms with Crippen molar-refractivity contribution in [3.8, 4) is 0 Å². The Labute approximate surface area is 103 Å². The van der Waals surface area contributed by atoms with Gasteiger partial charge >= 0.3 is 0 Å². The van der Waals surface area contributed by atoms with E-state index in [1.807, 2.05) is 0 Å². The van der Waals surface area contributed by atoms with Gasteiger partial charge in [0, 0.05) is 6.04 Å². The molecule has 0 bridgehead atoms. The Kier molecular flexibility index (Phi) is 8.04. The summed E-state index contributed by atoms with van der Waals surface area (Å²) < 4.78 is 0. The van der Waals surface area contributed by atoms with E-state index in [4.69, 9.17) is 0 Å². The van der Waals surface area contributed by atoms with E-state index in [0.717, 1.165) is 25.6 Å². The fourth-order valence-corrected chi connectivity index (χ4v) is 1.39. The Morgan fingerprint density at radius 3 is 2.00 bits per heavy atom. The van der Waals surface area contributed by atoms with Gasteiger partial charge in [-0.2, -0.15) is 0 Å². The summed E-state index contributed by atoms with van der Waals surface area (Å²) in [6, 6.07) is 0.619. The Morgan fingerprint density at radius 2 is 1.50 bits per heavy atom. The summed E-state index contributed by atoms with van der Waals surface area (Å²) in [4.78, 5) is 0. The van der Waals surface area contributed by atoms with Crippen molar-refractivity contribution in [3.63, 3.8) is 0 Å². The van der Waals surface area contributed by atoms with Crippen molar-refractivity contribution in [3.05, 3.63) is 0 Å². The SMILES string of the molecule is CC(C)NCCCCNCC(C)C(C)(C)C. The fraction of sp³-hybridized carbons (Fsp3) is 1.00. The Balaban J connectivity index is 3.28. The van der Waals surface area contributed by atoms with Crippen molar-refractivity contribution >= 4 is 0 Å². The van der Waals surface area contributed by atoms with E-state index in [1.165, 1.54) is 12.8 Å². The molecule has 0 amide bonds. The third-order valence-corrected chi connectivity index (χ3v) is 3.26. The van der Waals surface area contributed by atoms with Crippen LogP contribution in [-0.2, 0) is 0 Å². The van der Waals surface area contributed by atoms with Crippen LogP contribution in [0.2, 0.25) is 0 Å². The molecule has 0 fully saturated rings. The van der Waals surface area contributed by atoms with Gasteiger partial charge in [-0.1, -0.05) is 41.5 Å². The van der Waals surface area contributed by atoms with Crippen molar-refractivity contribution in [2.75, 3.05) is 19.6 Å². The highest BCUT2D eigenvalue weighted by molar-refractivity contribution is 4.71. The first-order valence-electron chi connectivity index (χ1n) is 6.78. The van der Waals surface area contributed by atoms with E-state index in [1.54, 1.807) is 0 Å². The summed E-state index contributed by atoms with van der Waals surface area (Å²) in [5.74, 6) is 0.737. The highest BCUT2D eigenvalue weighted by Gasteiger charge is 2.18. The van der Waals surface area contributed by atoms with Crippen LogP contribution in [0.3, 0.4) is 0 Å². The first-order chi connectivity index (χ1) is 7.34. The zero-order valence-electron chi connectivity index (χ0n) is 12.2. The predicted molar refractivity (Wildman–Crippen MR) is 73.9 cm³/mol. The van der Waals surface area contributed by atoms with Gasteiger partial charge in [0.25, 0.3) is 0 Å². The van der Waals surface area contributed by atoms with Gasteiger partial charge in [0.05, 0.1) is 0 Å². The van der Waals surface area contributed by atoms with E-state index in [9.17, 15) is 0 Å². The van der Waals surface area contributed by atoms with Gasteiger partial charge in [0.15, 0.2) is 0 Å². The summed E-state index contributed by atoms with van der Waals surface area (Å²) in [6.45, 7) is 17.1. The van der Waals surface area contributed by atoms with Gasteiger partial charge in [-0.25, -0.2) is 0 Å². The fourth-order valence-electron chi connectivity index (χ4n) is 1.39. The quantitative estimate of drug-likeness (QED) is 0.624. The Morgan fingerprint density at radius 1 is 0.938 bits per heavy atom. The van der Waals surface area contributed by atoms with Crippen molar-refractivity contribution in [1.82, 2.24) is 10.6 Å². The summed E-state index contributed by atoms with van der Waals surface area (Å²) in [5, 5.41) is 6.99. The van der Waals surface area contributed by atoms with Crippen LogP contribution < -0.4 is 10.6 Å². The molecule has 0 aliphatic heterocycles. The molecule has 2 N–H and O–H groups in total. The average molecular weight is 228 g/mol. The van der Waals surface area contributed by atoms with Gasteiger partial charge in [0.2, 0.25) is 0 Å². The van der Waals surface area contributed by atoms with Gasteiger partial charge in [-0.15, -0.1) is 0 Å². The van der Waals surface area contributed by atoms with Crippen LogP contribution in [0, 0.1) is 11.3 Å². The van der Waals surface area contributed by atoms with Gasteiger partial charge < -0.3 is 10.6 Å². The van der Waals surface area contributed by atoms with E-state index in [-0.39, 0.29) is 0 Å². The normalized spacial score (nSPS) is 14.4. The molecule has 0 heterocycles. The molecule has 0 radical (unpaired) electrons. The highest BCUT2D eigenvalue weighted by Crippen LogP contribution is 2.24. The maximum Gasteiger partial charge on any atom is 0.00103 e. The smallest absolute Gasteiger partial charge is 0.00103 e. The lowest BCUT2D eigenvalue weighted by molar-refractivity contribution is 0.253. The number of hydrogen-bond donors (Lipinski definition) is 2. The van der Waals surface area contributed by atoms with Crippen LogP contribution in [0.25, 0.3) is 0 Å². The Hall–Kier alpha value is -0.0800. The molecule has 0 rings (SSSR count). The minimum Gasteiger partial charge on any atom is -0.316 e. The first kappa shape index (κ1) is 15.9. The first-order valence-corrected chi connectivity index (χ1v) is 6.78. The number of rotatable bonds is 8. The zero-order valence-corrected chi connectivity index (χ0v) is 12.2. The lowest BCUT2D eigenvalue weighted by atomic mass is 9.82. The van der Waals surface area contributed by atoms with Crippen LogP contribution in [0.5, 0.6) is 0 Å². The molecule has 0 aromatic carbocycles. The Bertz CT molecular complexity index is 159. The van der Waals surface area contributed by atoms with Crippen molar-refractivity contribution < 1.29 is 0 Å². The summed E-state index contributed by atoms with van der Waals surface area (Å²) in [6.07, 6.45) is 2.55. The summed E-state index contributed by atoms with van der Waals surface area (Å²) in [7, 11) is 0. The molecule has 0 aliphatic carbocycles. The van der Waals surface area contributed by atoms with Crippen molar-refractivity contribution in [1.29, 1.82) is 0 Å². The minimum absolute atomic E-state index is 0.423. The van der Waals surface area contributed by atoms with E-state index < -0.39 is 0 Å². The molecule has 1 unspecified atom stereocenters. The molecular weight excluding hydrogens is 196 g/mol. The second-order valence-electron chi connectivity index (χ2n) is 6.29. The molecule has 16 heavy (non-hydrogen) atoms. The standard InChI is InChI=1S/C14H32N2/c1-12(2)16-10-8-7-9-15-11-13(3)14(4,5)6/h12-13,15-16H,7-11H2,1-6H3. The summed E-state index contributed by atoms with van der Waals surface area (Å²) >= 11 is 0. The molecule has 98 valence electrons. The average Bonchev–Trinajstić information content (AvgIpc) is 2.14. The van der Waals surface area contributed by atoms with E-state index in [0.29, 0.717) is 11.5 Å². The molecule has 1 atom stereocenters. The van der Waals surface area contributed by atoms with Crippen LogP contribution in [0.1, 0.15) is 54.4 Å². The largest absolute Gasteiger partial charge is 0.316 e. The van der Waals surface area contributed by atoms with Crippen LogP contribution >= 0.6 is 0 Å². The zero-order chi connectivity index (χ0) is 12.6. The number of nitrogens with one attached hydrogen (secondary N) is 2. The molecular formula is C14H32N2. The molecule has 0 aliphatic rings. The third-order valence-electron chi connectivity index (χ3n) is 3.26. The maximum atomic E-state index is 3.55. The third kappa shape index (κ3) is 9.17.